The molecule has 1 unspecified atom stereocenters. The molecule has 6 heteroatoms. The van der Waals surface area contributed by atoms with E-state index in [-0.39, 0.29) is 11.8 Å². The van der Waals surface area contributed by atoms with Crippen LogP contribution in [0.4, 0.5) is 5.69 Å². The lowest BCUT2D eigenvalue weighted by molar-refractivity contribution is -0.118. The fourth-order valence-corrected chi connectivity index (χ4v) is 2.63. The number of hydrogen-bond donors (Lipinski definition) is 3. The maximum absolute atomic E-state index is 12.8. The Labute approximate surface area is 151 Å². The molecule has 3 N–H and O–H groups in total. The van der Waals surface area contributed by atoms with E-state index in [0.29, 0.717) is 23.4 Å². The van der Waals surface area contributed by atoms with Gasteiger partial charge in [-0.1, -0.05) is 48.5 Å². The van der Waals surface area contributed by atoms with Crippen LogP contribution in [-0.2, 0) is 11.2 Å². The summed E-state index contributed by atoms with van der Waals surface area (Å²) in [4.78, 5) is 25.3. The van der Waals surface area contributed by atoms with Gasteiger partial charge < -0.3 is 10.6 Å². The molecule has 2 aromatic carbocycles. The van der Waals surface area contributed by atoms with Gasteiger partial charge in [0.15, 0.2) is 0 Å². The minimum Gasteiger partial charge on any atom is -0.340 e. The predicted molar refractivity (Wildman–Crippen MR) is 99.8 cm³/mol. The fraction of sp³-hybridized carbons (Fsp3) is 0.150. The van der Waals surface area contributed by atoms with Crippen molar-refractivity contribution >= 4 is 17.5 Å². The number of carbonyl (C=O) groups excluding carboxylic acids is 2. The molecule has 0 aliphatic heterocycles. The molecular formula is C20H20N4O2. The highest BCUT2D eigenvalue weighted by Crippen LogP contribution is 2.10. The Bertz CT molecular complexity index is 875. The van der Waals surface area contributed by atoms with Crippen LogP contribution in [0.5, 0.6) is 0 Å². The number of para-hydroxylation sites is 1. The Balaban J connectivity index is 1.78. The van der Waals surface area contributed by atoms with E-state index in [0.717, 1.165) is 5.56 Å². The topological polar surface area (TPSA) is 86.9 Å². The monoisotopic (exact) mass is 348 g/mol. The molecule has 1 aromatic heterocycles. The van der Waals surface area contributed by atoms with E-state index in [2.05, 4.69) is 20.8 Å². The summed E-state index contributed by atoms with van der Waals surface area (Å²) in [5.74, 6) is -0.602. The summed E-state index contributed by atoms with van der Waals surface area (Å²) < 4.78 is 0. The van der Waals surface area contributed by atoms with Crippen molar-refractivity contribution in [2.75, 3.05) is 5.32 Å². The lowest BCUT2D eigenvalue weighted by atomic mass is 10.0. The minimum absolute atomic E-state index is 0.269. The highest BCUT2D eigenvalue weighted by Gasteiger charge is 2.23. The zero-order valence-electron chi connectivity index (χ0n) is 14.4. The summed E-state index contributed by atoms with van der Waals surface area (Å²) >= 11 is 0. The van der Waals surface area contributed by atoms with Crippen LogP contribution >= 0.6 is 0 Å². The third kappa shape index (κ3) is 4.36. The van der Waals surface area contributed by atoms with Gasteiger partial charge in [-0.2, -0.15) is 5.10 Å². The molecule has 1 heterocycles. The molecule has 2 amide bonds. The van der Waals surface area contributed by atoms with Gasteiger partial charge in [0.1, 0.15) is 6.04 Å². The number of aromatic nitrogens is 2. The summed E-state index contributed by atoms with van der Waals surface area (Å²) in [6.45, 7) is 1.76. The molecule has 3 aromatic rings. The highest BCUT2D eigenvalue weighted by molar-refractivity contribution is 6.01. The van der Waals surface area contributed by atoms with Gasteiger partial charge in [-0.25, -0.2) is 0 Å². The Morgan fingerprint density at radius 1 is 1.04 bits per heavy atom. The number of rotatable bonds is 6. The third-order valence-electron chi connectivity index (χ3n) is 4.02. The van der Waals surface area contributed by atoms with Crippen molar-refractivity contribution in [2.24, 2.45) is 0 Å². The number of aromatic amines is 1. The standard InChI is InChI=1S/C20H20N4O2/c1-14-17(13-21-24-14)19(25)23-18(12-15-8-4-2-5-9-15)20(26)22-16-10-6-3-7-11-16/h2-11,13,18H,12H2,1H3,(H,21,24)(H,22,26)(H,23,25). The van der Waals surface area contributed by atoms with Crippen molar-refractivity contribution in [3.63, 3.8) is 0 Å². The average Bonchev–Trinajstić information content (AvgIpc) is 3.09. The second-order valence-electron chi connectivity index (χ2n) is 5.98. The number of nitrogens with one attached hydrogen (secondary N) is 3. The molecule has 0 saturated carbocycles. The normalized spacial score (nSPS) is 11.6. The first-order valence-corrected chi connectivity index (χ1v) is 8.34. The number of hydrogen-bond acceptors (Lipinski definition) is 3. The van der Waals surface area contributed by atoms with E-state index < -0.39 is 6.04 Å². The molecule has 0 saturated heterocycles. The Hall–Kier alpha value is -3.41. The van der Waals surface area contributed by atoms with Crippen molar-refractivity contribution in [1.29, 1.82) is 0 Å². The summed E-state index contributed by atoms with van der Waals surface area (Å²) in [6, 6.07) is 18.0. The van der Waals surface area contributed by atoms with Crippen LogP contribution in [0, 0.1) is 6.92 Å². The molecule has 0 spiro atoms. The first-order chi connectivity index (χ1) is 12.6. The molecule has 132 valence electrons. The summed E-state index contributed by atoms with van der Waals surface area (Å²) in [5.41, 5.74) is 2.73. The van der Waals surface area contributed by atoms with Crippen molar-refractivity contribution in [3.05, 3.63) is 83.7 Å². The lowest BCUT2D eigenvalue weighted by Crippen LogP contribution is -2.45. The van der Waals surface area contributed by atoms with Crippen molar-refractivity contribution < 1.29 is 9.59 Å². The number of aryl methyl sites for hydroxylation is 1. The molecule has 0 bridgehead atoms. The molecule has 0 fully saturated rings. The van der Waals surface area contributed by atoms with Crippen LogP contribution < -0.4 is 10.6 Å². The van der Waals surface area contributed by atoms with Gasteiger partial charge in [0.25, 0.3) is 5.91 Å². The average molecular weight is 348 g/mol. The smallest absolute Gasteiger partial charge is 0.255 e. The molecule has 6 nitrogen and oxygen atoms in total. The van der Waals surface area contributed by atoms with E-state index in [1.54, 1.807) is 19.1 Å². The Morgan fingerprint density at radius 2 is 1.69 bits per heavy atom. The summed E-state index contributed by atoms with van der Waals surface area (Å²) in [7, 11) is 0. The zero-order chi connectivity index (χ0) is 18.4. The van der Waals surface area contributed by atoms with Gasteiger partial charge in [0.2, 0.25) is 5.91 Å². The van der Waals surface area contributed by atoms with E-state index in [4.69, 9.17) is 0 Å². The molecule has 0 radical (unpaired) electrons. The number of amides is 2. The van der Waals surface area contributed by atoms with Crippen molar-refractivity contribution in [1.82, 2.24) is 15.5 Å². The van der Waals surface area contributed by atoms with Gasteiger partial charge in [-0.05, 0) is 24.6 Å². The highest BCUT2D eigenvalue weighted by atomic mass is 16.2. The minimum atomic E-state index is -0.709. The van der Waals surface area contributed by atoms with E-state index in [1.165, 1.54) is 6.20 Å². The Kier molecular flexibility index (Phi) is 5.43. The second kappa shape index (κ2) is 8.11. The second-order valence-corrected chi connectivity index (χ2v) is 5.98. The number of H-pyrrole nitrogens is 1. The van der Waals surface area contributed by atoms with E-state index in [1.807, 2.05) is 48.5 Å². The third-order valence-corrected chi connectivity index (χ3v) is 4.02. The predicted octanol–water partition coefficient (Wildman–Crippen LogP) is 2.70. The SMILES string of the molecule is Cc1[nH]ncc1C(=O)NC(Cc1ccccc1)C(=O)Nc1ccccc1. The first-order valence-electron chi connectivity index (χ1n) is 8.34. The number of nitrogens with zero attached hydrogens (tertiary/aromatic N) is 1. The van der Waals surface area contributed by atoms with Crippen LogP contribution in [0.1, 0.15) is 21.6 Å². The Morgan fingerprint density at radius 3 is 2.31 bits per heavy atom. The number of anilines is 1. The maximum atomic E-state index is 12.8. The van der Waals surface area contributed by atoms with Crippen LogP contribution in [-0.4, -0.2) is 28.1 Å². The van der Waals surface area contributed by atoms with Crippen LogP contribution in [0.15, 0.2) is 66.9 Å². The van der Waals surface area contributed by atoms with Crippen LogP contribution in [0.3, 0.4) is 0 Å². The van der Waals surface area contributed by atoms with E-state index >= 15 is 0 Å². The molecule has 0 aliphatic carbocycles. The molecule has 3 rings (SSSR count). The van der Waals surface area contributed by atoms with Crippen LogP contribution in [0.2, 0.25) is 0 Å². The van der Waals surface area contributed by atoms with Gasteiger partial charge in [0, 0.05) is 17.8 Å². The largest absolute Gasteiger partial charge is 0.340 e. The lowest BCUT2D eigenvalue weighted by Gasteiger charge is -2.18. The summed E-state index contributed by atoms with van der Waals surface area (Å²) in [5, 5.41) is 12.3. The quantitative estimate of drug-likeness (QED) is 0.640. The van der Waals surface area contributed by atoms with Crippen LogP contribution in [0.25, 0.3) is 0 Å². The number of carbonyl (C=O) groups is 2. The van der Waals surface area contributed by atoms with Gasteiger partial charge in [-0.3, -0.25) is 14.7 Å². The molecule has 1 atom stereocenters. The maximum Gasteiger partial charge on any atom is 0.255 e. The van der Waals surface area contributed by atoms with E-state index in [9.17, 15) is 9.59 Å². The van der Waals surface area contributed by atoms with Crippen molar-refractivity contribution in [3.8, 4) is 0 Å². The van der Waals surface area contributed by atoms with Gasteiger partial charge in [-0.15, -0.1) is 0 Å². The van der Waals surface area contributed by atoms with Crippen molar-refractivity contribution in [2.45, 2.75) is 19.4 Å². The molecule has 26 heavy (non-hydrogen) atoms. The van der Waals surface area contributed by atoms with Gasteiger partial charge in [0.05, 0.1) is 11.8 Å². The number of benzene rings is 2. The van der Waals surface area contributed by atoms with Gasteiger partial charge >= 0.3 is 0 Å². The zero-order valence-corrected chi connectivity index (χ0v) is 14.4. The first kappa shape index (κ1) is 17.4. The fourth-order valence-electron chi connectivity index (χ4n) is 2.63. The summed E-state index contributed by atoms with van der Waals surface area (Å²) in [6.07, 6.45) is 1.85. The molecular weight excluding hydrogens is 328 g/mol. The molecule has 0 aliphatic rings.